The lowest BCUT2D eigenvalue weighted by atomic mass is 10.1. The Hall–Kier alpha value is -2.30. The summed E-state index contributed by atoms with van der Waals surface area (Å²) in [5, 5.41) is 12.2. The number of aromatic nitrogens is 1. The van der Waals surface area contributed by atoms with Gasteiger partial charge >= 0.3 is 5.97 Å². The summed E-state index contributed by atoms with van der Waals surface area (Å²) >= 11 is 0. The van der Waals surface area contributed by atoms with Gasteiger partial charge in [-0.15, -0.1) is 0 Å². The standard InChI is InChI=1S/C14H16N2O3/c1-9(14(18)19)16-13(17)7-6-10-8-15-12-5-3-2-4-11(10)12/h2-5,8-9,15H,6-7H2,1H3,(H,16,17)(H,18,19)/t9-/m0/s1. The first-order valence-corrected chi connectivity index (χ1v) is 6.15. The highest BCUT2D eigenvalue weighted by molar-refractivity contribution is 5.85. The van der Waals surface area contributed by atoms with Crippen molar-refractivity contribution < 1.29 is 14.7 Å². The number of aryl methyl sites for hydroxylation is 1. The molecule has 0 fully saturated rings. The topological polar surface area (TPSA) is 82.2 Å². The van der Waals surface area contributed by atoms with Crippen LogP contribution in [0.3, 0.4) is 0 Å². The Balaban J connectivity index is 1.95. The molecule has 0 spiro atoms. The molecule has 0 radical (unpaired) electrons. The fourth-order valence-corrected chi connectivity index (χ4v) is 1.96. The van der Waals surface area contributed by atoms with E-state index >= 15 is 0 Å². The Morgan fingerprint density at radius 2 is 2.11 bits per heavy atom. The molecule has 0 aliphatic carbocycles. The molecular formula is C14H16N2O3. The molecule has 0 saturated heterocycles. The number of benzene rings is 1. The van der Waals surface area contributed by atoms with Crippen molar-refractivity contribution in [3.8, 4) is 0 Å². The first-order chi connectivity index (χ1) is 9.08. The van der Waals surface area contributed by atoms with Crippen molar-refractivity contribution in [3.05, 3.63) is 36.0 Å². The number of carboxylic acid groups (broad SMARTS) is 1. The lowest BCUT2D eigenvalue weighted by Gasteiger charge is -2.08. The second-order valence-corrected chi connectivity index (χ2v) is 4.49. The summed E-state index contributed by atoms with van der Waals surface area (Å²) in [7, 11) is 0. The maximum atomic E-state index is 11.6. The van der Waals surface area contributed by atoms with E-state index in [0.29, 0.717) is 6.42 Å². The molecule has 5 nitrogen and oxygen atoms in total. The fourth-order valence-electron chi connectivity index (χ4n) is 1.96. The molecule has 1 aromatic carbocycles. The summed E-state index contributed by atoms with van der Waals surface area (Å²) in [6.07, 6.45) is 2.75. The summed E-state index contributed by atoms with van der Waals surface area (Å²) in [4.78, 5) is 25.4. The third-order valence-electron chi connectivity index (χ3n) is 3.04. The van der Waals surface area contributed by atoms with Gasteiger partial charge in [-0.25, -0.2) is 0 Å². The number of carbonyl (C=O) groups is 2. The highest BCUT2D eigenvalue weighted by Crippen LogP contribution is 2.18. The Bertz CT molecular complexity index is 604. The molecule has 100 valence electrons. The molecule has 2 aromatic rings. The van der Waals surface area contributed by atoms with Gasteiger partial charge in [0.25, 0.3) is 0 Å². The lowest BCUT2D eigenvalue weighted by molar-refractivity contribution is -0.141. The highest BCUT2D eigenvalue weighted by Gasteiger charge is 2.14. The van der Waals surface area contributed by atoms with Gasteiger partial charge in [-0.2, -0.15) is 0 Å². The number of aliphatic carboxylic acids is 1. The van der Waals surface area contributed by atoms with Gasteiger partial charge in [0.15, 0.2) is 0 Å². The third kappa shape index (κ3) is 3.13. The predicted octanol–water partition coefficient (Wildman–Crippen LogP) is 1.69. The number of carboxylic acids is 1. The average molecular weight is 260 g/mol. The molecule has 1 aromatic heterocycles. The number of para-hydroxylation sites is 1. The van der Waals surface area contributed by atoms with Gasteiger partial charge in [0.1, 0.15) is 6.04 Å². The van der Waals surface area contributed by atoms with E-state index in [0.717, 1.165) is 16.5 Å². The van der Waals surface area contributed by atoms with Crippen LogP contribution in [0.2, 0.25) is 0 Å². The Labute approximate surface area is 110 Å². The van der Waals surface area contributed by atoms with E-state index in [2.05, 4.69) is 10.3 Å². The monoisotopic (exact) mass is 260 g/mol. The summed E-state index contributed by atoms with van der Waals surface area (Å²) in [6.45, 7) is 1.45. The van der Waals surface area contributed by atoms with Crippen molar-refractivity contribution in [2.45, 2.75) is 25.8 Å². The normalized spacial score (nSPS) is 12.3. The van der Waals surface area contributed by atoms with Crippen LogP contribution in [0.15, 0.2) is 30.5 Å². The van der Waals surface area contributed by atoms with Gasteiger partial charge in [-0.05, 0) is 25.0 Å². The van der Waals surface area contributed by atoms with Gasteiger partial charge in [0.05, 0.1) is 0 Å². The van der Waals surface area contributed by atoms with Crippen LogP contribution in [-0.4, -0.2) is 28.0 Å². The van der Waals surface area contributed by atoms with Crippen molar-refractivity contribution in [2.24, 2.45) is 0 Å². The van der Waals surface area contributed by atoms with E-state index in [4.69, 9.17) is 5.11 Å². The first kappa shape index (κ1) is 13.1. The van der Waals surface area contributed by atoms with Gasteiger partial charge < -0.3 is 15.4 Å². The van der Waals surface area contributed by atoms with E-state index in [1.807, 2.05) is 30.5 Å². The number of aromatic amines is 1. The minimum atomic E-state index is -1.03. The summed E-state index contributed by atoms with van der Waals surface area (Å²) in [6, 6.07) is 7.02. The van der Waals surface area contributed by atoms with Crippen molar-refractivity contribution in [3.63, 3.8) is 0 Å². The quantitative estimate of drug-likeness (QED) is 0.765. The molecule has 0 aliphatic heterocycles. The number of hydrogen-bond donors (Lipinski definition) is 3. The first-order valence-electron chi connectivity index (χ1n) is 6.15. The maximum absolute atomic E-state index is 11.6. The zero-order valence-electron chi connectivity index (χ0n) is 10.6. The Kier molecular flexibility index (Phi) is 3.85. The molecule has 1 amide bonds. The molecule has 0 aliphatic rings. The van der Waals surface area contributed by atoms with Gasteiger partial charge in [0, 0.05) is 23.5 Å². The number of nitrogens with one attached hydrogen (secondary N) is 2. The molecule has 1 atom stereocenters. The van der Waals surface area contributed by atoms with Crippen LogP contribution in [-0.2, 0) is 16.0 Å². The average Bonchev–Trinajstić information content (AvgIpc) is 2.79. The summed E-state index contributed by atoms with van der Waals surface area (Å²) in [5.74, 6) is -1.28. The van der Waals surface area contributed by atoms with Crippen LogP contribution in [0.25, 0.3) is 10.9 Å². The fraction of sp³-hybridized carbons (Fsp3) is 0.286. The third-order valence-corrected chi connectivity index (χ3v) is 3.04. The zero-order valence-corrected chi connectivity index (χ0v) is 10.6. The Morgan fingerprint density at radius 1 is 1.37 bits per heavy atom. The number of rotatable bonds is 5. The molecule has 1 heterocycles. The second kappa shape index (κ2) is 5.56. The summed E-state index contributed by atoms with van der Waals surface area (Å²) < 4.78 is 0. The predicted molar refractivity (Wildman–Crippen MR) is 71.9 cm³/mol. The number of amides is 1. The minimum Gasteiger partial charge on any atom is -0.480 e. The molecule has 3 N–H and O–H groups in total. The van der Waals surface area contributed by atoms with E-state index < -0.39 is 12.0 Å². The van der Waals surface area contributed by atoms with Crippen LogP contribution >= 0.6 is 0 Å². The van der Waals surface area contributed by atoms with Gasteiger partial charge in [-0.3, -0.25) is 9.59 Å². The number of carbonyl (C=O) groups excluding carboxylic acids is 1. The smallest absolute Gasteiger partial charge is 0.325 e. The molecule has 2 rings (SSSR count). The van der Waals surface area contributed by atoms with Gasteiger partial charge in [-0.1, -0.05) is 18.2 Å². The van der Waals surface area contributed by atoms with Crippen LogP contribution in [0.4, 0.5) is 0 Å². The summed E-state index contributed by atoms with van der Waals surface area (Å²) in [5.41, 5.74) is 2.10. The van der Waals surface area contributed by atoms with Crippen LogP contribution in [0.5, 0.6) is 0 Å². The van der Waals surface area contributed by atoms with Crippen LogP contribution in [0, 0.1) is 0 Å². The largest absolute Gasteiger partial charge is 0.480 e. The highest BCUT2D eigenvalue weighted by atomic mass is 16.4. The number of H-pyrrole nitrogens is 1. The SMILES string of the molecule is C[C@H](NC(=O)CCc1c[nH]c2ccccc12)C(=O)O. The van der Waals surface area contributed by atoms with Crippen LogP contribution in [0.1, 0.15) is 18.9 Å². The van der Waals surface area contributed by atoms with Gasteiger partial charge in [0.2, 0.25) is 5.91 Å². The van der Waals surface area contributed by atoms with Crippen LogP contribution < -0.4 is 5.32 Å². The molecule has 0 bridgehead atoms. The van der Waals surface area contributed by atoms with E-state index in [9.17, 15) is 9.59 Å². The van der Waals surface area contributed by atoms with E-state index in [1.165, 1.54) is 6.92 Å². The zero-order chi connectivity index (χ0) is 13.8. The number of fused-ring (bicyclic) bond motifs is 1. The van der Waals surface area contributed by atoms with E-state index in [-0.39, 0.29) is 12.3 Å². The van der Waals surface area contributed by atoms with E-state index in [1.54, 1.807) is 0 Å². The lowest BCUT2D eigenvalue weighted by Crippen LogP contribution is -2.38. The van der Waals surface area contributed by atoms with Crippen molar-refractivity contribution in [1.29, 1.82) is 0 Å². The van der Waals surface area contributed by atoms with Crippen molar-refractivity contribution in [1.82, 2.24) is 10.3 Å². The molecular weight excluding hydrogens is 244 g/mol. The molecule has 0 saturated carbocycles. The second-order valence-electron chi connectivity index (χ2n) is 4.49. The minimum absolute atomic E-state index is 0.250. The molecule has 5 heteroatoms. The number of hydrogen-bond acceptors (Lipinski definition) is 2. The maximum Gasteiger partial charge on any atom is 0.325 e. The van der Waals surface area contributed by atoms with Crippen molar-refractivity contribution in [2.75, 3.05) is 0 Å². The Morgan fingerprint density at radius 3 is 2.84 bits per heavy atom. The molecule has 0 unspecified atom stereocenters. The molecule has 19 heavy (non-hydrogen) atoms. The van der Waals surface area contributed by atoms with Crippen molar-refractivity contribution >= 4 is 22.8 Å².